The van der Waals surface area contributed by atoms with Crippen molar-refractivity contribution in [3.63, 3.8) is 0 Å². The normalized spacial score (nSPS) is 9.12. The van der Waals surface area contributed by atoms with Crippen molar-refractivity contribution in [2.75, 3.05) is 13.7 Å². The number of hydrogen-bond donors (Lipinski definition) is 0. The van der Waals surface area contributed by atoms with Gasteiger partial charge >= 0.3 is 5.97 Å². The minimum atomic E-state index is -0.464. The zero-order chi connectivity index (χ0) is 12.0. The van der Waals surface area contributed by atoms with Crippen LogP contribution in [0.2, 0.25) is 0 Å². The summed E-state index contributed by atoms with van der Waals surface area (Å²) in [6, 6.07) is 4.51. The molecule has 0 fully saturated rings. The molecule has 16 heavy (non-hydrogen) atoms. The van der Waals surface area contributed by atoms with E-state index in [0.29, 0.717) is 23.6 Å². The van der Waals surface area contributed by atoms with Gasteiger partial charge in [-0.3, -0.25) is 0 Å². The lowest BCUT2D eigenvalue weighted by Crippen LogP contribution is -2.02. The van der Waals surface area contributed by atoms with Crippen LogP contribution in [-0.4, -0.2) is 19.7 Å². The molecule has 84 valence electrons. The summed E-state index contributed by atoms with van der Waals surface area (Å²) in [5.41, 5.74) is 9.04. The van der Waals surface area contributed by atoms with Crippen LogP contribution in [0.1, 0.15) is 17.3 Å². The Hall–Kier alpha value is -2.20. The van der Waals surface area contributed by atoms with E-state index in [4.69, 9.17) is 10.3 Å². The van der Waals surface area contributed by atoms with Crippen molar-refractivity contribution in [2.24, 2.45) is 5.11 Å². The second-order valence-electron chi connectivity index (χ2n) is 2.80. The number of carbonyl (C=O) groups is 1. The second kappa shape index (κ2) is 5.63. The van der Waals surface area contributed by atoms with E-state index in [1.165, 1.54) is 25.3 Å². The van der Waals surface area contributed by atoms with Crippen LogP contribution < -0.4 is 4.74 Å². The number of ether oxygens (including phenoxy) is 2. The van der Waals surface area contributed by atoms with Crippen molar-refractivity contribution in [3.05, 3.63) is 34.2 Å². The highest BCUT2D eigenvalue weighted by atomic mass is 16.5. The molecule has 0 amide bonds. The van der Waals surface area contributed by atoms with Crippen molar-refractivity contribution >= 4 is 11.7 Å². The Balaban J connectivity index is 3.16. The average Bonchev–Trinajstić information content (AvgIpc) is 2.31. The van der Waals surface area contributed by atoms with E-state index in [1.807, 2.05) is 0 Å². The Morgan fingerprint density at radius 3 is 2.88 bits per heavy atom. The fourth-order valence-corrected chi connectivity index (χ4v) is 1.16. The van der Waals surface area contributed by atoms with Crippen LogP contribution >= 0.6 is 0 Å². The number of benzene rings is 1. The lowest BCUT2D eigenvalue weighted by Gasteiger charge is -2.07. The molecular formula is C10H11N3O3. The van der Waals surface area contributed by atoms with Crippen LogP contribution in [0.15, 0.2) is 23.3 Å². The monoisotopic (exact) mass is 221 g/mol. The number of nitrogens with zero attached hydrogens (tertiary/aromatic N) is 3. The van der Waals surface area contributed by atoms with E-state index in [1.54, 1.807) is 6.92 Å². The minimum absolute atomic E-state index is 0.344. The average molecular weight is 221 g/mol. The van der Waals surface area contributed by atoms with E-state index >= 15 is 0 Å². The van der Waals surface area contributed by atoms with Crippen LogP contribution in [0.3, 0.4) is 0 Å². The molecule has 0 heterocycles. The molecular weight excluding hydrogens is 210 g/mol. The molecule has 6 nitrogen and oxygen atoms in total. The Morgan fingerprint density at radius 2 is 2.31 bits per heavy atom. The maximum Gasteiger partial charge on any atom is 0.337 e. The fourth-order valence-electron chi connectivity index (χ4n) is 1.16. The van der Waals surface area contributed by atoms with Gasteiger partial charge in [-0.15, -0.1) is 0 Å². The minimum Gasteiger partial charge on any atom is -0.493 e. The molecule has 0 saturated carbocycles. The zero-order valence-electron chi connectivity index (χ0n) is 9.01. The van der Waals surface area contributed by atoms with E-state index in [9.17, 15) is 4.79 Å². The summed E-state index contributed by atoms with van der Waals surface area (Å²) in [4.78, 5) is 13.9. The molecule has 0 saturated heterocycles. The molecule has 0 aliphatic carbocycles. The van der Waals surface area contributed by atoms with Crippen molar-refractivity contribution in [2.45, 2.75) is 6.92 Å². The van der Waals surface area contributed by atoms with Gasteiger partial charge in [0.05, 0.1) is 25.0 Å². The summed E-state index contributed by atoms with van der Waals surface area (Å²) >= 11 is 0. The van der Waals surface area contributed by atoms with Crippen LogP contribution in [-0.2, 0) is 4.74 Å². The standard InChI is InChI=1S/C10H11N3O3/c1-3-16-9-6-7(10(14)15-2)4-5-8(9)12-13-11/h4-6H,3H2,1-2H3. The number of carbonyl (C=O) groups excluding carboxylic acids is 1. The van der Waals surface area contributed by atoms with Gasteiger partial charge in [0, 0.05) is 4.91 Å². The van der Waals surface area contributed by atoms with Gasteiger partial charge in [0.25, 0.3) is 0 Å². The van der Waals surface area contributed by atoms with Gasteiger partial charge in [0.2, 0.25) is 0 Å². The topological polar surface area (TPSA) is 84.3 Å². The van der Waals surface area contributed by atoms with E-state index in [0.717, 1.165) is 0 Å². The number of esters is 1. The molecule has 0 spiro atoms. The van der Waals surface area contributed by atoms with Gasteiger partial charge in [-0.2, -0.15) is 0 Å². The summed E-state index contributed by atoms with van der Waals surface area (Å²) in [6.45, 7) is 2.21. The molecule has 0 radical (unpaired) electrons. The van der Waals surface area contributed by atoms with Crippen molar-refractivity contribution in [1.82, 2.24) is 0 Å². The van der Waals surface area contributed by atoms with Gasteiger partial charge < -0.3 is 9.47 Å². The molecule has 0 aromatic heterocycles. The van der Waals surface area contributed by atoms with Crippen molar-refractivity contribution < 1.29 is 14.3 Å². The quantitative estimate of drug-likeness (QED) is 0.339. The van der Waals surface area contributed by atoms with Crippen LogP contribution in [0.25, 0.3) is 10.4 Å². The Labute approximate surface area is 92.4 Å². The second-order valence-corrected chi connectivity index (χ2v) is 2.80. The fraction of sp³-hybridized carbons (Fsp3) is 0.300. The predicted octanol–water partition coefficient (Wildman–Crippen LogP) is 2.81. The van der Waals surface area contributed by atoms with E-state index in [2.05, 4.69) is 14.8 Å². The van der Waals surface area contributed by atoms with Gasteiger partial charge in [0.1, 0.15) is 5.75 Å². The highest BCUT2D eigenvalue weighted by molar-refractivity contribution is 5.90. The maximum absolute atomic E-state index is 11.3. The molecule has 0 atom stereocenters. The molecule has 0 bridgehead atoms. The van der Waals surface area contributed by atoms with Gasteiger partial charge in [0.15, 0.2) is 0 Å². The SMILES string of the molecule is CCOc1cc(C(=O)OC)ccc1N=[N+]=[N-]. The molecule has 6 heteroatoms. The molecule has 0 aliphatic rings. The third-order valence-corrected chi connectivity index (χ3v) is 1.83. The smallest absolute Gasteiger partial charge is 0.337 e. The first-order valence-electron chi connectivity index (χ1n) is 4.63. The van der Waals surface area contributed by atoms with Gasteiger partial charge in [-0.25, -0.2) is 4.79 Å². The summed E-state index contributed by atoms with van der Waals surface area (Å²) in [7, 11) is 1.30. The molecule has 0 N–H and O–H groups in total. The highest BCUT2D eigenvalue weighted by Gasteiger charge is 2.09. The Bertz CT molecular complexity index is 439. The number of hydrogen-bond acceptors (Lipinski definition) is 4. The first-order valence-corrected chi connectivity index (χ1v) is 4.63. The highest BCUT2D eigenvalue weighted by Crippen LogP contribution is 2.29. The zero-order valence-corrected chi connectivity index (χ0v) is 9.01. The first kappa shape index (κ1) is 11.9. The van der Waals surface area contributed by atoms with E-state index < -0.39 is 5.97 Å². The van der Waals surface area contributed by atoms with Crippen LogP contribution in [0.4, 0.5) is 5.69 Å². The summed E-state index contributed by atoms with van der Waals surface area (Å²) in [5, 5.41) is 3.45. The summed E-state index contributed by atoms with van der Waals surface area (Å²) in [6.07, 6.45) is 0. The Kier molecular flexibility index (Phi) is 4.17. The Morgan fingerprint density at radius 1 is 1.56 bits per heavy atom. The number of rotatable bonds is 4. The van der Waals surface area contributed by atoms with Gasteiger partial charge in [-0.1, -0.05) is 5.11 Å². The predicted molar refractivity (Wildman–Crippen MR) is 57.8 cm³/mol. The lowest BCUT2D eigenvalue weighted by molar-refractivity contribution is 0.0600. The number of methoxy groups -OCH3 is 1. The van der Waals surface area contributed by atoms with Crippen LogP contribution in [0, 0.1) is 0 Å². The largest absolute Gasteiger partial charge is 0.493 e. The molecule has 1 rings (SSSR count). The molecule has 1 aromatic carbocycles. The third-order valence-electron chi connectivity index (χ3n) is 1.83. The van der Waals surface area contributed by atoms with Crippen molar-refractivity contribution in [3.8, 4) is 5.75 Å². The van der Waals surface area contributed by atoms with E-state index in [-0.39, 0.29) is 0 Å². The summed E-state index contributed by atoms with van der Waals surface area (Å²) in [5.74, 6) is -0.100. The van der Waals surface area contributed by atoms with Crippen LogP contribution in [0.5, 0.6) is 5.75 Å². The van der Waals surface area contributed by atoms with Gasteiger partial charge in [-0.05, 0) is 30.7 Å². The maximum atomic E-state index is 11.3. The third kappa shape index (κ3) is 2.65. The lowest BCUT2D eigenvalue weighted by atomic mass is 10.2. The molecule has 1 aromatic rings. The van der Waals surface area contributed by atoms with Crippen molar-refractivity contribution in [1.29, 1.82) is 0 Å². The first-order chi connectivity index (χ1) is 7.72. The summed E-state index contributed by atoms with van der Waals surface area (Å²) < 4.78 is 9.82. The molecule has 0 unspecified atom stereocenters. The number of azide groups is 1. The molecule has 0 aliphatic heterocycles.